The van der Waals surface area contributed by atoms with Gasteiger partial charge in [-0.15, -0.1) is 0 Å². The normalized spacial score (nSPS) is 11.3. The first-order valence-electron chi connectivity index (χ1n) is 11.1. The maximum Gasteiger partial charge on any atom is 0.416 e. The number of rotatable bonds is 9. The van der Waals surface area contributed by atoms with Gasteiger partial charge in [-0.3, -0.25) is 9.59 Å². The van der Waals surface area contributed by atoms with Crippen molar-refractivity contribution in [3.8, 4) is 17.6 Å². The van der Waals surface area contributed by atoms with Gasteiger partial charge in [0.25, 0.3) is 11.8 Å². The summed E-state index contributed by atoms with van der Waals surface area (Å²) < 4.78 is 50.0. The summed E-state index contributed by atoms with van der Waals surface area (Å²) in [6.07, 6.45) is -3.39. The lowest BCUT2D eigenvalue weighted by Crippen LogP contribution is -2.20. The third-order valence-corrected chi connectivity index (χ3v) is 5.14. The molecule has 0 bridgehead atoms. The molecule has 0 atom stereocenters. The van der Waals surface area contributed by atoms with Gasteiger partial charge in [0.15, 0.2) is 18.1 Å². The molecule has 3 aromatic rings. The van der Waals surface area contributed by atoms with Crippen LogP contribution in [0.15, 0.2) is 72.3 Å². The molecule has 0 aromatic heterocycles. The Labute approximate surface area is 221 Å². The molecular formula is C27H21ClF3N3O4. The van der Waals surface area contributed by atoms with Gasteiger partial charge in [-0.05, 0) is 61.0 Å². The summed E-state index contributed by atoms with van der Waals surface area (Å²) in [7, 11) is 0. The maximum absolute atomic E-state index is 13.0. The van der Waals surface area contributed by atoms with Crippen LogP contribution >= 0.6 is 11.6 Å². The van der Waals surface area contributed by atoms with Gasteiger partial charge >= 0.3 is 6.18 Å². The molecule has 7 nitrogen and oxygen atoms in total. The first-order chi connectivity index (χ1) is 18.1. The minimum Gasteiger partial charge on any atom is -0.490 e. The SMILES string of the molecule is CCOc1cc(/C=C(\C#N)C(=O)Nc2cccc(C(F)(F)F)c2)cc(Cl)c1OCC(=O)Nc1ccccc1. The minimum atomic E-state index is -4.59. The summed E-state index contributed by atoms with van der Waals surface area (Å²) >= 11 is 6.35. The fraction of sp³-hybridized carbons (Fsp3) is 0.148. The highest BCUT2D eigenvalue weighted by atomic mass is 35.5. The van der Waals surface area contributed by atoms with Gasteiger partial charge < -0.3 is 20.1 Å². The van der Waals surface area contributed by atoms with Crippen molar-refractivity contribution in [1.29, 1.82) is 5.26 Å². The number of nitriles is 1. The average molecular weight is 544 g/mol. The van der Waals surface area contributed by atoms with Gasteiger partial charge in [0.05, 0.1) is 17.2 Å². The van der Waals surface area contributed by atoms with Crippen molar-refractivity contribution in [1.82, 2.24) is 0 Å². The van der Waals surface area contributed by atoms with Crippen LogP contribution in [0.5, 0.6) is 11.5 Å². The number of amides is 2. The minimum absolute atomic E-state index is 0.0466. The Bertz CT molecular complexity index is 1390. The van der Waals surface area contributed by atoms with E-state index >= 15 is 0 Å². The number of hydrogen-bond donors (Lipinski definition) is 2. The number of para-hydroxylation sites is 1. The summed E-state index contributed by atoms with van der Waals surface area (Å²) in [4.78, 5) is 24.8. The lowest BCUT2D eigenvalue weighted by Gasteiger charge is -2.15. The van der Waals surface area contributed by atoms with Crippen molar-refractivity contribution >= 4 is 40.9 Å². The zero-order chi connectivity index (χ0) is 27.7. The average Bonchev–Trinajstić information content (AvgIpc) is 2.87. The summed E-state index contributed by atoms with van der Waals surface area (Å²) in [5.74, 6) is -1.11. The van der Waals surface area contributed by atoms with E-state index in [9.17, 15) is 28.0 Å². The number of carbonyl (C=O) groups is 2. The fourth-order valence-electron chi connectivity index (χ4n) is 3.22. The van der Waals surface area contributed by atoms with E-state index in [0.717, 1.165) is 18.2 Å². The van der Waals surface area contributed by atoms with Crippen LogP contribution in [0.25, 0.3) is 6.08 Å². The molecule has 0 saturated heterocycles. The zero-order valence-electron chi connectivity index (χ0n) is 19.9. The number of hydrogen-bond acceptors (Lipinski definition) is 5. The second-order valence-corrected chi connectivity index (χ2v) is 8.08. The van der Waals surface area contributed by atoms with Crippen LogP contribution < -0.4 is 20.1 Å². The first-order valence-corrected chi connectivity index (χ1v) is 11.5. The van der Waals surface area contributed by atoms with Crippen LogP contribution in [0.3, 0.4) is 0 Å². The molecule has 0 unspecified atom stereocenters. The molecule has 0 radical (unpaired) electrons. The number of nitrogens with zero attached hydrogens (tertiary/aromatic N) is 1. The Morgan fingerprint density at radius 3 is 2.37 bits per heavy atom. The smallest absolute Gasteiger partial charge is 0.416 e. The molecule has 0 aliphatic rings. The Hall–Kier alpha value is -4.49. The van der Waals surface area contributed by atoms with Crippen molar-refractivity contribution in [2.45, 2.75) is 13.1 Å². The molecule has 0 saturated carbocycles. The molecule has 3 rings (SSSR count). The maximum atomic E-state index is 13.0. The largest absolute Gasteiger partial charge is 0.490 e. The van der Waals surface area contributed by atoms with Gasteiger partial charge in [-0.25, -0.2) is 0 Å². The number of benzene rings is 3. The lowest BCUT2D eigenvalue weighted by atomic mass is 10.1. The molecule has 11 heteroatoms. The molecule has 2 N–H and O–H groups in total. The Morgan fingerprint density at radius 2 is 1.71 bits per heavy atom. The standard InChI is InChI=1S/C27H21ClF3N3O4/c1-2-37-23-13-17(12-22(28)25(23)38-16-24(35)33-20-8-4-3-5-9-20)11-18(15-32)26(36)34-21-10-6-7-19(14-21)27(29,30)31/h3-14H,2,16H2,1H3,(H,33,35)(H,34,36)/b18-11+. The van der Waals surface area contributed by atoms with E-state index in [4.69, 9.17) is 21.1 Å². The van der Waals surface area contributed by atoms with E-state index in [-0.39, 0.29) is 41.0 Å². The summed E-state index contributed by atoms with van der Waals surface area (Å²) in [5.41, 5.74) is -0.590. The number of halogens is 4. The quantitative estimate of drug-likeness (QED) is 0.243. The predicted octanol–water partition coefficient (Wildman–Crippen LogP) is 6.32. The highest BCUT2D eigenvalue weighted by molar-refractivity contribution is 6.32. The van der Waals surface area contributed by atoms with Gasteiger partial charge in [0, 0.05) is 11.4 Å². The predicted molar refractivity (Wildman–Crippen MR) is 137 cm³/mol. The molecule has 0 heterocycles. The zero-order valence-corrected chi connectivity index (χ0v) is 20.7. The fourth-order valence-corrected chi connectivity index (χ4v) is 3.49. The van der Waals surface area contributed by atoms with Gasteiger partial charge in [-0.1, -0.05) is 35.9 Å². The van der Waals surface area contributed by atoms with Gasteiger partial charge in [0.2, 0.25) is 0 Å². The van der Waals surface area contributed by atoms with Crippen LogP contribution in [-0.2, 0) is 15.8 Å². The van der Waals surface area contributed by atoms with E-state index in [0.29, 0.717) is 5.69 Å². The molecule has 196 valence electrons. The first kappa shape index (κ1) is 28.1. The number of alkyl halides is 3. The van der Waals surface area contributed by atoms with Gasteiger partial charge in [0.1, 0.15) is 11.6 Å². The molecule has 3 aromatic carbocycles. The van der Waals surface area contributed by atoms with E-state index in [1.165, 1.54) is 24.3 Å². The van der Waals surface area contributed by atoms with Crippen molar-refractivity contribution in [3.63, 3.8) is 0 Å². The van der Waals surface area contributed by atoms with Crippen LogP contribution in [0.2, 0.25) is 5.02 Å². The molecular weight excluding hydrogens is 523 g/mol. The van der Waals surface area contributed by atoms with Crippen LogP contribution in [-0.4, -0.2) is 25.0 Å². The second kappa shape index (κ2) is 12.7. The highest BCUT2D eigenvalue weighted by Gasteiger charge is 2.30. The van der Waals surface area contributed by atoms with E-state index in [1.54, 1.807) is 37.3 Å². The summed E-state index contributed by atoms with van der Waals surface area (Å²) in [6, 6.07) is 17.4. The van der Waals surface area contributed by atoms with Crippen LogP contribution in [0.1, 0.15) is 18.1 Å². The van der Waals surface area contributed by atoms with E-state index < -0.39 is 29.1 Å². The molecule has 0 aliphatic heterocycles. The second-order valence-electron chi connectivity index (χ2n) is 7.67. The molecule has 38 heavy (non-hydrogen) atoms. The lowest BCUT2D eigenvalue weighted by molar-refractivity contribution is -0.137. The van der Waals surface area contributed by atoms with E-state index in [2.05, 4.69) is 10.6 Å². The topological polar surface area (TPSA) is 100 Å². The van der Waals surface area contributed by atoms with Crippen molar-refractivity contribution < 1.29 is 32.2 Å². The Kier molecular flexibility index (Phi) is 9.35. The van der Waals surface area contributed by atoms with Crippen molar-refractivity contribution in [2.75, 3.05) is 23.8 Å². The number of anilines is 2. The molecule has 0 spiro atoms. The van der Waals surface area contributed by atoms with Crippen LogP contribution in [0.4, 0.5) is 24.5 Å². The molecule has 0 aliphatic carbocycles. The Balaban J connectivity index is 1.78. The third kappa shape index (κ3) is 7.75. The third-order valence-electron chi connectivity index (χ3n) is 4.86. The van der Waals surface area contributed by atoms with Crippen LogP contribution in [0, 0.1) is 11.3 Å². The monoisotopic (exact) mass is 543 g/mol. The van der Waals surface area contributed by atoms with Crippen molar-refractivity contribution in [2.24, 2.45) is 0 Å². The number of carbonyl (C=O) groups excluding carboxylic acids is 2. The van der Waals surface area contributed by atoms with E-state index in [1.807, 2.05) is 6.07 Å². The van der Waals surface area contributed by atoms with Crippen molar-refractivity contribution in [3.05, 3.63) is 88.5 Å². The number of nitrogens with one attached hydrogen (secondary N) is 2. The molecule has 2 amide bonds. The molecule has 0 fully saturated rings. The summed E-state index contributed by atoms with van der Waals surface area (Å²) in [6.45, 7) is 1.56. The number of ether oxygens (including phenoxy) is 2. The Morgan fingerprint density at radius 1 is 1.00 bits per heavy atom. The van der Waals surface area contributed by atoms with Gasteiger partial charge in [-0.2, -0.15) is 18.4 Å². The highest BCUT2D eigenvalue weighted by Crippen LogP contribution is 2.37. The summed E-state index contributed by atoms with van der Waals surface area (Å²) in [5, 5.41) is 14.5.